The van der Waals surface area contributed by atoms with Gasteiger partial charge in [-0.3, -0.25) is 4.90 Å². The molecule has 1 atom stereocenters. The van der Waals surface area contributed by atoms with Gasteiger partial charge in [0.25, 0.3) is 0 Å². The molecule has 0 saturated carbocycles. The molecular weight excluding hydrogens is 172 g/mol. The Kier molecular flexibility index (Phi) is 9.00. The van der Waals surface area contributed by atoms with E-state index in [1.54, 1.807) is 0 Å². The molecule has 2 nitrogen and oxygen atoms in total. The quantitative estimate of drug-likeness (QED) is 0.452. The fourth-order valence-corrected chi connectivity index (χ4v) is 1.68. The maximum atomic E-state index is 3.80. The molecule has 14 heavy (non-hydrogen) atoms. The van der Waals surface area contributed by atoms with Gasteiger partial charge in [0, 0.05) is 19.1 Å². The summed E-state index contributed by atoms with van der Waals surface area (Å²) in [6.45, 7) is 14.8. The van der Waals surface area contributed by atoms with Gasteiger partial charge >= 0.3 is 0 Å². The van der Waals surface area contributed by atoms with Crippen LogP contribution >= 0.6 is 0 Å². The second-order valence-electron chi connectivity index (χ2n) is 3.64. The highest BCUT2D eigenvalue weighted by Crippen LogP contribution is 2.02. The summed E-state index contributed by atoms with van der Waals surface area (Å²) in [5, 5.41) is 3.48. The third-order valence-electron chi connectivity index (χ3n) is 2.56. The van der Waals surface area contributed by atoms with Crippen molar-refractivity contribution in [2.45, 2.75) is 39.7 Å². The molecule has 0 bridgehead atoms. The van der Waals surface area contributed by atoms with Gasteiger partial charge in [-0.2, -0.15) is 0 Å². The lowest BCUT2D eigenvalue weighted by Gasteiger charge is -2.29. The summed E-state index contributed by atoms with van der Waals surface area (Å²) < 4.78 is 0. The van der Waals surface area contributed by atoms with Gasteiger partial charge in [-0.05, 0) is 25.9 Å². The third-order valence-corrected chi connectivity index (χ3v) is 2.56. The summed E-state index contributed by atoms with van der Waals surface area (Å²) in [6.07, 6.45) is 4.41. The molecule has 0 rings (SSSR count). The zero-order chi connectivity index (χ0) is 10.8. The monoisotopic (exact) mass is 198 g/mol. The summed E-state index contributed by atoms with van der Waals surface area (Å²) in [6, 6.07) is 0.657. The van der Waals surface area contributed by atoms with Crippen molar-refractivity contribution in [1.29, 1.82) is 0 Å². The van der Waals surface area contributed by atoms with Crippen LogP contribution in [0.4, 0.5) is 0 Å². The predicted molar refractivity (Wildman–Crippen MR) is 64.7 cm³/mol. The molecule has 1 unspecified atom stereocenters. The topological polar surface area (TPSA) is 15.3 Å². The summed E-state index contributed by atoms with van der Waals surface area (Å²) in [7, 11) is 0. The van der Waals surface area contributed by atoms with E-state index in [1.807, 2.05) is 6.08 Å². The Morgan fingerprint density at radius 3 is 2.50 bits per heavy atom. The van der Waals surface area contributed by atoms with Crippen molar-refractivity contribution < 1.29 is 0 Å². The molecule has 0 spiro atoms. The second kappa shape index (κ2) is 9.22. The van der Waals surface area contributed by atoms with Gasteiger partial charge in [-0.25, -0.2) is 0 Å². The predicted octanol–water partition coefficient (Wildman–Crippen LogP) is 2.27. The van der Waals surface area contributed by atoms with E-state index < -0.39 is 0 Å². The Morgan fingerprint density at radius 2 is 2.07 bits per heavy atom. The lowest BCUT2D eigenvalue weighted by molar-refractivity contribution is 0.217. The van der Waals surface area contributed by atoms with Crippen LogP contribution in [0.15, 0.2) is 12.7 Å². The molecule has 0 aliphatic rings. The normalized spacial score (nSPS) is 13.1. The van der Waals surface area contributed by atoms with E-state index >= 15 is 0 Å². The highest BCUT2D eigenvalue weighted by atomic mass is 15.2. The minimum absolute atomic E-state index is 0.657. The van der Waals surface area contributed by atoms with Crippen molar-refractivity contribution in [3.63, 3.8) is 0 Å². The van der Waals surface area contributed by atoms with E-state index in [-0.39, 0.29) is 0 Å². The largest absolute Gasteiger partial charge is 0.315 e. The number of hydrogen-bond acceptors (Lipinski definition) is 2. The van der Waals surface area contributed by atoms with Crippen LogP contribution in [0.1, 0.15) is 33.6 Å². The van der Waals surface area contributed by atoms with E-state index in [0.29, 0.717) is 6.04 Å². The molecule has 0 radical (unpaired) electrons. The molecule has 0 aliphatic heterocycles. The standard InChI is InChI=1S/C12H26N2/c1-5-9-13-11-12(7-3)14(8-4)10-6-2/h6,12-13H,2,5,7-11H2,1,3-4H3. The van der Waals surface area contributed by atoms with Crippen molar-refractivity contribution in [2.24, 2.45) is 0 Å². The first kappa shape index (κ1) is 13.7. The minimum Gasteiger partial charge on any atom is -0.315 e. The number of hydrogen-bond donors (Lipinski definition) is 1. The Hall–Kier alpha value is -0.340. The average Bonchev–Trinajstić information content (AvgIpc) is 2.22. The highest BCUT2D eigenvalue weighted by Gasteiger charge is 2.12. The molecule has 0 aliphatic carbocycles. The lowest BCUT2D eigenvalue weighted by Crippen LogP contribution is -2.42. The molecule has 0 saturated heterocycles. The van der Waals surface area contributed by atoms with E-state index in [1.165, 1.54) is 12.8 Å². The number of likely N-dealkylation sites (N-methyl/N-ethyl adjacent to an activating group) is 1. The van der Waals surface area contributed by atoms with E-state index in [0.717, 1.165) is 26.2 Å². The summed E-state index contributed by atoms with van der Waals surface area (Å²) in [5.74, 6) is 0. The Morgan fingerprint density at radius 1 is 1.36 bits per heavy atom. The van der Waals surface area contributed by atoms with Crippen LogP contribution in [0.25, 0.3) is 0 Å². The first-order valence-corrected chi connectivity index (χ1v) is 5.85. The lowest BCUT2D eigenvalue weighted by atomic mass is 10.2. The Labute approximate surface area is 89.4 Å². The smallest absolute Gasteiger partial charge is 0.0221 e. The van der Waals surface area contributed by atoms with Gasteiger partial charge in [0.15, 0.2) is 0 Å². The maximum absolute atomic E-state index is 3.80. The van der Waals surface area contributed by atoms with E-state index in [9.17, 15) is 0 Å². The molecule has 0 aromatic carbocycles. The van der Waals surface area contributed by atoms with Crippen molar-refractivity contribution in [3.8, 4) is 0 Å². The number of nitrogens with one attached hydrogen (secondary N) is 1. The third kappa shape index (κ3) is 5.40. The molecule has 0 heterocycles. The molecule has 1 N–H and O–H groups in total. The van der Waals surface area contributed by atoms with Crippen LogP contribution in [0.3, 0.4) is 0 Å². The molecule has 0 amide bonds. The van der Waals surface area contributed by atoms with Crippen molar-refractivity contribution in [3.05, 3.63) is 12.7 Å². The van der Waals surface area contributed by atoms with E-state index in [4.69, 9.17) is 0 Å². The van der Waals surface area contributed by atoms with Crippen LogP contribution in [-0.2, 0) is 0 Å². The van der Waals surface area contributed by atoms with Crippen LogP contribution in [0.5, 0.6) is 0 Å². The van der Waals surface area contributed by atoms with Crippen LogP contribution in [0.2, 0.25) is 0 Å². The maximum Gasteiger partial charge on any atom is 0.0221 e. The Bertz CT molecular complexity index is 134. The highest BCUT2D eigenvalue weighted by molar-refractivity contribution is 4.79. The fraction of sp³-hybridized carbons (Fsp3) is 0.833. The summed E-state index contributed by atoms with van der Waals surface area (Å²) in [5.41, 5.74) is 0. The molecule has 0 aromatic heterocycles. The second-order valence-corrected chi connectivity index (χ2v) is 3.64. The van der Waals surface area contributed by atoms with Crippen LogP contribution < -0.4 is 5.32 Å². The van der Waals surface area contributed by atoms with Gasteiger partial charge in [-0.15, -0.1) is 6.58 Å². The van der Waals surface area contributed by atoms with Crippen molar-refractivity contribution >= 4 is 0 Å². The van der Waals surface area contributed by atoms with Crippen molar-refractivity contribution in [2.75, 3.05) is 26.2 Å². The zero-order valence-corrected chi connectivity index (χ0v) is 10.1. The van der Waals surface area contributed by atoms with Gasteiger partial charge < -0.3 is 5.32 Å². The van der Waals surface area contributed by atoms with Crippen LogP contribution in [0, 0.1) is 0 Å². The zero-order valence-electron chi connectivity index (χ0n) is 10.1. The minimum atomic E-state index is 0.657. The van der Waals surface area contributed by atoms with Crippen LogP contribution in [-0.4, -0.2) is 37.1 Å². The van der Waals surface area contributed by atoms with Gasteiger partial charge in [0.1, 0.15) is 0 Å². The molecule has 2 heteroatoms. The molecular formula is C12H26N2. The first-order valence-electron chi connectivity index (χ1n) is 5.85. The Balaban J connectivity index is 3.87. The fourth-order valence-electron chi connectivity index (χ4n) is 1.68. The molecule has 0 fully saturated rings. The molecule has 84 valence electrons. The number of nitrogens with zero attached hydrogens (tertiary/aromatic N) is 1. The van der Waals surface area contributed by atoms with Gasteiger partial charge in [-0.1, -0.05) is 26.8 Å². The average molecular weight is 198 g/mol. The van der Waals surface area contributed by atoms with Crippen molar-refractivity contribution in [1.82, 2.24) is 10.2 Å². The first-order chi connectivity index (χ1) is 6.79. The summed E-state index contributed by atoms with van der Waals surface area (Å²) >= 11 is 0. The van der Waals surface area contributed by atoms with Gasteiger partial charge in [0.05, 0.1) is 0 Å². The summed E-state index contributed by atoms with van der Waals surface area (Å²) in [4.78, 5) is 2.47. The SMILES string of the molecule is C=CCN(CC)C(CC)CNCCC. The molecule has 0 aromatic rings. The van der Waals surface area contributed by atoms with Gasteiger partial charge in [0.2, 0.25) is 0 Å². The van der Waals surface area contributed by atoms with E-state index in [2.05, 4.69) is 37.6 Å². The number of rotatable bonds is 9.